The first kappa shape index (κ1) is 10.7. The number of pyridine rings is 1. The minimum absolute atomic E-state index is 0.261. The summed E-state index contributed by atoms with van der Waals surface area (Å²) in [5.74, 6) is -0.261. The van der Waals surface area contributed by atoms with E-state index in [1.165, 1.54) is 7.11 Å². The van der Waals surface area contributed by atoms with Gasteiger partial charge in [0.25, 0.3) is 5.91 Å². The van der Waals surface area contributed by atoms with Gasteiger partial charge in [-0.2, -0.15) is 0 Å². The molecule has 0 fully saturated rings. The van der Waals surface area contributed by atoms with Crippen molar-refractivity contribution in [2.75, 3.05) is 14.2 Å². The highest BCUT2D eigenvalue weighted by atomic mass is 16.7. The summed E-state index contributed by atoms with van der Waals surface area (Å²) in [6.45, 7) is 3.70. The Morgan fingerprint density at radius 1 is 1.64 bits per heavy atom. The fourth-order valence-corrected chi connectivity index (χ4v) is 0.982. The molecular formula is C10H13N2O2. The number of carbonyl (C=O) groups excluding carboxylic acids is 1. The van der Waals surface area contributed by atoms with Crippen molar-refractivity contribution in [1.29, 1.82) is 0 Å². The van der Waals surface area contributed by atoms with E-state index in [-0.39, 0.29) is 5.91 Å². The lowest BCUT2D eigenvalue weighted by molar-refractivity contribution is -0.0760. The maximum Gasteiger partial charge on any atom is 0.295 e. The van der Waals surface area contributed by atoms with E-state index < -0.39 is 0 Å². The summed E-state index contributed by atoms with van der Waals surface area (Å²) in [6.07, 6.45) is 0.567. The summed E-state index contributed by atoms with van der Waals surface area (Å²) in [4.78, 5) is 20.5. The molecule has 1 amide bonds. The molecule has 1 radical (unpaired) electrons. The van der Waals surface area contributed by atoms with E-state index in [1.807, 2.05) is 6.07 Å². The van der Waals surface area contributed by atoms with Gasteiger partial charge in [-0.25, -0.2) is 10.0 Å². The van der Waals surface area contributed by atoms with Gasteiger partial charge in [-0.15, -0.1) is 0 Å². The van der Waals surface area contributed by atoms with Crippen molar-refractivity contribution in [2.45, 2.75) is 6.42 Å². The van der Waals surface area contributed by atoms with Crippen LogP contribution in [0.5, 0.6) is 0 Å². The fourth-order valence-electron chi connectivity index (χ4n) is 0.982. The molecule has 1 aromatic rings. The highest BCUT2D eigenvalue weighted by molar-refractivity contribution is 5.91. The van der Waals surface area contributed by atoms with Crippen LogP contribution < -0.4 is 0 Å². The maximum atomic E-state index is 11.6. The van der Waals surface area contributed by atoms with E-state index >= 15 is 0 Å². The third kappa shape index (κ3) is 2.29. The second-order valence-corrected chi connectivity index (χ2v) is 2.75. The molecule has 0 N–H and O–H groups in total. The molecule has 14 heavy (non-hydrogen) atoms. The smallest absolute Gasteiger partial charge is 0.274 e. The molecule has 0 spiro atoms. The van der Waals surface area contributed by atoms with Gasteiger partial charge in [0.15, 0.2) is 0 Å². The Balaban J connectivity index is 2.90. The van der Waals surface area contributed by atoms with E-state index in [0.29, 0.717) is 12.1 Å². The minimum atomic E-state index is -0.261. The summed E-state index contributed by atoms with van der Waals surface area (Å²) < 4.78 is 0. The summed E-state index contributed by atoms with van der Waals surface area (Å²) in [5.41, 5.74) is 1.16. The van der Waals surface area contributed by atoms with Crippen LogP contribution in [0.2, 0.25) is 0 Å². The lowest BCUT2D eigenvalue weighted by atomic mass is 10.2. The number of hydroxylamine groups is 2. The lowest BCUT2D eigenvalue weighted by Crippen LogP contribution is -2.26. The maximum absolute atomic E-state index is 11.6. The van der Waals surface area contributed by atoms with Crippen LogP contribution in [-0.4, -0.2) is 30.1 Å². The molecule has 0 aromatic carbocycles. The van der Waals surface area contributed by atoms with E-state index in [1.54, 1.807) is 19.2 Å². The Kier molecular flexibility index (Phi) is 3.59. The third-order valence-corrected chi connectivity index (χ3v) is 1.84. The molecule has 0 saturated carbocycles. The van der Waals surface area contributed by atoms with Gasteiger partial charge < -0.3 is 0 Å². The standard InChI is InChI=1S/C10H13N2O2/c1-4-8-6-5-7-9(11-8)10(13)12(2)14-3/h5-7H,1,4H2,2-3H3. The van der Waals surface area contributed by atoms with Crippen LogP contribution in [0.4, 0.5) is 0 Å². The van der Waals surface area contributed by atoms with Gasteiger partial charge in [-0.05, 0) is 25.5 Å². The number of hydrogen-bond donors (Lipinski definition) is 0. The first-order valence-corrected chi connectivity index (χ1v) is 4.26. The van der Waals surface area contributed by atoms with Crippen LogP contribution in [0.3, 0.4) is 0 Å². The number of aromatic nitrogens is 1. The van der Waals surface area contributed by atoms with Crippen molar-refractivity contribution < 1.29 is 9.63 Å². The molecule has 0 aliphatic rings. The molecule has 4 nitrogen and oxygen atoms in total. The predicted molar refractivity (Wildman–Crippen MR) is 52.4 cm³/mol. The van der Waals surface area contributed by atoms with Gasteiger partial charge in [0.2, 0.25) is 0 Å². The van der Waals surface area contributed by atoms with Gasteiger partial charge >= 0.3 is 0 Å². The summed E-state index contributed by atoms with van der Waals surface area (Å²) >= 11 is 0. The van der Waals surface area contributed by atoms with Crippen LogP contribution in [0.15, 0.2) is 18.2 Å². The van der Waals surface area contributed by atoms with Crippen LogP contribution in [0, 0.1) is 6.92 Å². The fraction of sp³-hybridized carbons (Fsp3) is 0.300. The third-order valence-electron chi connectivity index (χ3n) is 1.84. The van der Waals surface area contributed by atoms with Crippen LogP contribution in [0.25, 0.3) is 0 Å². The van der Waals surface area contributed by atoms with Crippen molar-refractivity contribution in [1.82, 2.24) is 10.0 Å². The zero-order valence-electron chi connectivity index (χ0n) is 8.36. The Bertz CT molecular complexity index is 326. The molecule has 0 aliphatic heterocycles. The topological polar surface area (TPSA) is 42.4 Å². The average Bonchev–Trinajstić information content (AvgIpc) is 2.27. The van der Waals surface area contributed by atoms with Crippen LogP contribution in [-0.2, 0) is 11.3 Å². The average molecular weight is 193 g/mol. The van der Waals surface area contributed by atoms with E-state index in [4.69, 9.17) is 4.84 Å². The van der Waals surface area contributed by atoms with Crippen molar-refractivity contribution in [3.05, 3.63) is 36.5 Å². The number of carbonyl (C=O) groups is 1. The largest absolute Gasteiger partial charge is 0.295 e. The zero-order valence-corrected chi connectivity index (χ0v) is 8.36. The number of amides is 1. The van der Waals surface area contributed by atoms with Crippen LogP contribution in [0.1, 0.15) is 16.2 Å². The number of hydrogen-bond acceptors (Lipinski definition) is 3. The lowest BCUT2D eigenvalue weighted by Gasteiger charge is -2.12. The number of nitrogens with zero attached hydrogens (tertiary/aromatic N) is 2. The van der Waals surface area contributed by atoms with Gasteiger partial charge in [0.1, 0.15) is 5.69 Å². The molecule has 1 aromatic heterocycles. The minimum Gasteiger partial charge on any atom is -0.274 e. The molecule has 75 valence electrons. The summed E-state index contributed by atoms with van der Waals surface area (Å²) in [7, 11) is 2.98. The van der Waals surface area contributed by atoms with Crippen LogP contribution >= 0.6 is 0 Å². The van der Waals surface area contributed by atoms with E-state index in [0.717, 1.165) is 10.8 Å². The Hall–Kier alpha value is -1.42. The quantitative estimate of drug-likeness (QED) is 0.675. The van der Waals surface area contributed by atoms with E-state index in [2.05, 4.69) is 11.9 Å². The Morgan fingerprint density at radius 2 is 2.36 bits per heavy atom. The molecule has 1 rings (SSSR count). The monoisotopic (exact) mass is 193 g/mol. The molecule has 0 aliphatic carbocycles. The SMILES string of the molecule is [CH2]Cc1cccc(C(=O)N(C)OC)n1. The van der Waals surface area contributed by atoms with E-state index in [9.17, 15) is 4.79 Å². The molecule has 0 saturated heterocycles. The molecule has 0 bridgehead atoms. The number of rotatable bonds is 3. The summed E-state index contributed by atoms with van der Waals surface area (Å²) in [5, 5.41) is 1.13. The second kappa shape index (κ2) is 4.72. The Labute approximate surface area is 83.5 Å². The van der Waals surface area contributed by atoms with Crippen molar-refractivity contribution in [2.24, 2.45) is 0 Å². The molecular weight excluding hydrogens is 180 g/mol. The molecule has 0 atom stereocenters. The van der Waals surface area contributed by atoms with Crippen molar-refractivity contribution >= 4 is 5.91 Å². The van der Waals surface area contributed by atoms with Gasteiger partial charge in [-0.3, -0.25) is 9.63 Å². The first-order chi connectivity index (χ1) is 6.69. The second-order valence-electron chi connectivity index (χ2n) is 2.75. The first-order valence-electron chi connectivity index (χ1n) is 4.26. The zero-order chi connectivity index (χ0) is 10.6. The normalized spacial score (nSPS) is 9.93. The van der Waals surface area contributed by atoms with Crippen molar-refractivity contribution in [3.8, 4) is 0 Å². The molecule has 0 unspecified atom stereocenters. The molecule has 1 heterocycles. The van der Waals surface area contributed by atoms with Gasteiger partial charge in [0, 0.05) is 12.7 Å². The highest BCUT2D eigenvalue weighted by Crippen LogP contribution is 2.03. The van der Waals surface area contributed by atoms with Gasteiger partial charge in [0.05, 0.1) is 7.11 Å². The summed E-state index contributed by atoms with van der Waals surface area (Å²) in [6, 6.07) is 5.26. The predicted octanol–water partition coefficient (Wildman–Crippen LogP) is 1.09. The highest BCUT2D eigenvalue weighted by Gasteiger charge is 2.12. The van der Waals surface area contributed by atoms with Gasteiger partial charge in [-0.1, -0.05) is 6.07 Å². The van der Waals surface area contributed by atoms with Crippen molar-refractivity contribution in [3.63, 3.8) is 0 Å². The molecule has 4 heteroatoms. The Morgan fingerprint density at radius 3 is 2.93 bits per heavy atom.